The Labute approximate surface area is 636 Å². The van der Waals surface area contributed by atoms with Gasteiger partial charge >= 0.3 is 0 Å². The van der Waals surface area contributed by atoms with Crippen molar-refractivity contribution >= 4 is 36.3 Å². The van der Waals surface area contributed by atoms with Gasteiger partial charge < -0.3 is 108 Å². The zero-order valence-corrected chi connectivity index (χ0v) is 76.5. The van der Waals surface area contributed by atoms with Gasteiger partial charge in [-0.15, -0.1) is 0 Å². The molecule has 572 valence electrons. The molecule has 0 aliphatic rings. The molecule has 0 fully saturated rings. The fourth-order valence-corrected chi connectivity index (χ4v) is 38.8. The first kappa shape index (κ1) is 117. The Morgan fingerprint density at radius 3 is 0.326 bits per heavy atom. The number of halogens is 5. The Kier molecular flexibility index (Phi) is 116. The number of hydrogen-bond donors (Lipinski definition) is 5. The summed E-state index contributed by atoms with van der Waals surface area (Å²) in [6, 6.07) is 0. The minimum absolute atomic E-state index is 0. The zero-order chi connectivity index (χ0) is 66.3. The average Bonchev–Trinajstić information content (AvgIpc) is 3.57. The van der Waals surface area contributed by atoms with Gasteiger partial charge in [-0.25, -0.2) is 0 Å². The number of hydrogen-bond acceptors (Lipinski definition) is 5. The van der Waals surface area contributed by atoms with E-state index in [0.717, 1.165) is 32.1 Å². The van der Waals surface area contributed by atoms with Gasteiger partial charge in [-0.1, -0.05) is 200 Å². The topological polar surface area (TPSA) is 101 Å². The largest absolute Gasteiger partial charge is 1.00 e. The molecule has 5 nitrogen and oxygen atoms in total. The fraction of sp³-hybridized carbons (Fsp3) is 1.00. The van der Waals surface area contributed by atoms with Gasteiger partial charge in [-0.3, -0.25) is 0 Å². The molecule has 0 aromatic heterocycles. The van der Waals surface area contributed by atoms with Crippen LogP contribution in [0.3, 0.4) is 0 Å². The van der Waals surface area contributed by atoms with Crippen molar-refractivity contribution in [1.29, 1.82) is 0 Å². The molecular formula is C77H174Br2Cl2IO5P5. The Balaban J connectivity index is -0.000000113. The van der Waals surface area contributed by atoms with Gasteiger partial charge in [0.15, 0.2) is 0 Å². The molecule has 0 aliphatic heterocycles. The minimum atomic E-state index is -0.722. The SMILES string of the molecule is CCCC[P+](CCCC)(CCCC)CCCCO.CCCC[P+](CCCC)(CCCC)CCCCO.CCCC[P+](CCCC)(CCCC)CCCO.CCCC[P+](CCCC)(CCCC)CCCO.CCCC[P+](CCCC)(CCCC)CCCO.[Br-].[Br-].[Cl-].[Cl-].[I-]. The molecule has 0 aliphatic carbocycles. The molecule has 15 heteroatoms. The molecule has 0 saturated carbocycles. The van der Waals surface area contributed by atoms with Gasteiger partial charge in [0, 0.05) is 88.6 Å². The summed E-state index contributed by atoms with van der Waals surface area (Å²) in [6.07, 6.45) is 78.6. The number of aliphatic hydroxyl groups excluding tert-OH is 5. The van der Waals surface area contributed by atoms with E-state index in [9.17, 15) is 0 Å². The second kappa shape index (κ2) is 91.3. The maximum absolute atomic E-state index is 9.12. The van der Waals surface area contributed by atoms with Crippen molar-refractivity contribution < 1.29 is 108 Å². The van der Waals surface area contributed by atoms with Crippen LogP contribution in [0.5, 0.6) is 0 Å². The monoisotopic (exact) mass is 1690 g/mol. The third-order valence-corrected chi connectivity index (χ3v) is 44.5. The molecule has 0 bridgehead atoms. The maximum atomic E-state index is 9.12. The maximum Gasteiger partial charge on any atom is 0.0616 e. The minimum Gasteiger partial charge on any atom is -1.00 e. The lowest BCUT2D eigenvalue weighted by Gasteiger charge is -2.28. The van der Waals surface area contributed by atoms with Gasteiger partial charge in [0.1, 0.15) is 0 Å². The van der Waals surface area contributed by atoms with E-state index in [0.29, 0.717) is 33.0 Å². The van der Waals surface area contributed by atoms with Gasteiger partial charge in [0.25, 0.3) is 0 Å². The molecule has 0 rings (SSSR count). The first-order valence-electron chi connectivity index (χ1n) is 39.5. The highest BCUT2D eigenvalue weighted by molar-refractivity contribution is 7.77. The van der Waals surface area contributed by atoms with E-state index in [1.165, 1.54) is 329 Å². The molecule has 0 saturated heterocycles. The van der Waals surface area contributed by atoms with E-state index < -0.39 is 36.3 Å². The van der Waals surface area contributed by atoms with Crippen LogP contribution in [-0.2, 0) is 0 Å². The Morgan fingerprint density at radius 2 is 0.239 bits per heavy atom. The lowest BCUT2D eigenvalue weighted by atomic mass is 10.4. The van der Waals surface area contributed by atoms with E-state index in [1.807, 2.05) is 0 Å². The highest BCUT2D eigenvalue weighted by Crippen LogP contribution is 2.64. The van der Waals surface area contributed by atoms with Crippen LogP contribution in [0.2, 0.25) is 0 Å². The summed E-state index contributed by atoms with van der Waals surface area (Å²) < 4.78 is 0. The average molecular weight is 1690 g/mol. The van der Waals surface area contributed by atoms with Gasteiger partial charge in [0.2, 0.25) is 0 Å². The molecule has 0 aromatic rings. The summed E-state index contributed by atoms with van der Waals surface area (Å²) in [5.41, 5.74) is 0. The van der Waals surface area contributed by atoms with Crippen LogP contribution in [0.15, 0.2) is 0 Å². The van der Waals surface area contributed by atoms with E-state index in [-0.39, 0.29) is 82.8 Å². The number of unbranched alkanes of at least 4 members (excludes halogenated alkanes) is 17. The second-order valence-electron chi connectivity index (χ2n) is 27.6. The Morgan fingerprint density at radius 1 is 0.152 bits per heavy atom. The fourth-order valence-electron chi connectivity index (χ4n) is 13.1. The van der Waals surface area contributed by atoms with Crippen molar-refractivity contribution in [2.45, 2.75) is 341 Å². The first-order chi connectivity index (χ1) is 42.2. The molecule has 0 unspecified atom stereocenters. The van der Waals surface area contributed by atoms with Gasteiger partial charge in [-0.05, 0) is 122 Å². The van der Waals surface area contributed by atoms with Crippen LogP contribution in [0.4, 0.5) is 0 Å². The van der Waals surface area contributed by atoms with E-state index in [2.05, 4.69) is 104 Å². The number of rotatable bonds is 62. The molecule has 0 amide bonds. The van der Waals surface area contributed by atoms with Crippen LogP contribution in [-0.4, -0.2) is 182 Å². The Hall–Kier alpha value is 4.22. The van der Waals surface area contributed by atoms with Crippen molar-refractivity contribution in [3.63, 3.8) is 0 Å². The quantitative estimate of drug-likeness (QED) is 0.0238. The van der Waals surface area contributed by atoms with Crippen LogP contribution in [0.1, 0.15) is 341 Å². The van der Waals surface area contributed by atoms with Crippen LogP contribution >= 0.6 is 36.3 Å². The summed E-state index contributed by atoms with van der Waals surface area (Å²) in [6.45, 7) is 36.6. The van der Waals surface area contributed by atoms with Crippen LogP contribution < -0.4 is 82.8 Å². The highest BCUT2D eigenvalue weighted by Gasteiger charge is 2.38. The molecule has 92 heavy (non-hydrogen) atoms. The standard InChI is InChI=1S/2C16H36OP.3C15H34OP.2BrH.2ClH.HI/c2*1-4-7-13-18(14-8-5-2,15-9-6-3)16-11-10-12-17;3*1-4-7-12-17(13-8-5-2,14-9-6-3)15-10-11-16;;;;;/h2*17H,4-16H2,1-3H3;3*16H,4-15H2,1-3H3;5*1H/q5*+1;;;;;/p-5. The molecule has 0 atom stereocenters. The first-order valence-corrected chi connectivity index (χ1v) is 52.2. The molecular weight excluding hydrogens is 1520 g/mol. The lowest BCUT2D eigenvalue weighted by molar-refractivity contribution is -0.00100. The van der Waals surface area contributed by atoms with Gasteiger partial charge in [0.05, 0.1) is 123 Å². The lowest BCUT2D eigenvalue weighted by Crippen LogP contribution is -3.00. The van der Waals surface area contributed by atoms with E-state index in [4.69, 9.17) is 25.5 Å². The third-order valence-electron chi connectivity index (χ3n) is 19.2. The number of aliphatic hydroxyl groups is 5. The predicted molar refractivity (Wildman–Crippen MR) is 423 cm³/mol. The van der Waals surface area contributed by atoms with Gasteiger partial charge in [-0.2, -0.15) is 0 Å². The smallest absolute Gasteiger partial charge is 0.0616 e. The third kappa shape index (κ3) is 72.6. The van der Waals surface area contributed by atoms with Crippen molar-refractivity contribution in [3.05, 3.63) is 0 Å². The summed E-state index contributed by atoms with van der Waals surface area (Å²) in [5, 5.41) is 45.4. The van der Waals surface area contributed by atoms with Crippen LogP contribution in [0, 0.1) is 0 Å². The summed E-state index contributed by atoms with van der Waals surface area (Å²) in [7, 11) is -3.54. The van der Waals surface area contributed by atoms with E-state index >= 15 is 0 Å². The zero-order valence-electron chi connectivity index (χ0n) is 65.2. The summed E-state index contributed by atoms with van der Waals surface area (Å²) >= 11 is 0. The highest BCUT2D eigenvalue weighted by atomic mass is 127. The second-order valence-corrected chi connectivity index (χ2v) is 49.9. The molecule has 0 spiro atoms. The Bertz CT molecular complexity index is 1000. The van der Waals surface area contributed by atoms with E-state index in [1.54, 1.807) is 0 Å². The summed E-state index contributed by atoms with van der Waals surface area (Å²) in [5.74, 6) is 0. The van der Waals surface area contributed by atoms with Crippen LogP contribution in [0.25, 0.3) is 0 Å². The summed E-state index contributed by atoms with van der Waals surface area (Å²) in [4.78, 5) is 0. The normalized spacial score (nSPS) is 11.3. The van der Waals surface area contributed by atoms with Crippen molar-refractivity contribution in [1.82, 2.24) is 0 Å². The molecule has 0 aromatic carbocycles. The molecule has 5 N–H and O–H groups in total. The van der Waals surface area contributed by atoms with Crippen molar-refractivity contribution in [2.75, 3.05) is 156 Å². The molecule has 0 radical (unpaired) electrons. The van der Waals surface area contributed by atoms with Crippen molar-refractivity contribution in [2.24, 2.45) is 0 Å². The van der Waals surface area contributed by atoms with Crippen molar-refractivity contribution in [3.8, 4) is 0 Å². The predicted octanol–water partition coefficient (Wildman–Crippen LogP) is 9.73. The molecule has 0 heterocycles.